The van der Waals surface area contributed by atoms with E-state index in [1.165, 1.54) is 0 Å². The van der Waals surface area contributed by atoms with Crippen molar-refractivity contribution in [2.75, 3.05) is 0 Å². The second-order valence-corrected chi connectivity index (χ2v) is 5.04. The molecule has 20 heavy (non-hydrogen) atoms. The van der Waals surface area contributed by atoms with Gasteiger partial charge in [0.25, 0.3) is 0 Å². The monoisotopic (exact) mass is 274 g/mol. The molecule has 1 saturated carbocycles. The van der Waals surface area contributed by atoms with Gasteiger partial charge in [-0.2, -0.15) is 0 Å². The Hall–Kier alpha value is -2.10. The SMILES string of the molecule is C=C(C)C(=O)Oc1ccc(OC(=O)C2CCCC2)cc1. The second-order valence-electron chi connectivity index (χ2n) is 5.04. The number of ether oxygens (including phenoxy) is 2. The summed E-state index contributed by atoms with van der Waals surface area (Å²) in [7, 11) is 0. The molecule has 1 aliphatic rings. The van der Waals surface area contributed by atoms with Crippen LogP contribution in [0.1, 0.15) is 32.6 Å². The van der Waals surface area contributed by atoms with Gasteiger partial charge in [0.1, 0.15) is 11.5 Å². The molecule has 0 heterocycles. The Labute approximate surface area is 118 Å². The minimum Gasteiger partial charge on any atom is -0.426 e. The molecule has 0 bridgehead atoms. The predicted molar refractivity (Wildman–Crippen MR) is 74.5 cm³/mol. The van der Waals surface area contributed by atoms with E-state index in [4.69, 9.17) is 9.47 Å². The van der Waals surface area contributed by atoms with Crippen LogP contribution < -0.4 is 9.47 Å². The third-order valence-electron chi connectivity index (χ3n) is 3.29. The van der Waals surface area contributed by atoms with E-state index in [1.54, 1.807) is 31.2 Å². The van der Waals surface area contributed by atoms with Gasteiger partial charge in [0.05, 0.1) is 5.92 Å². The van der Waals surface area contributed by atoms with Crippen LogP contribution in [-0.2, 0) is 9.59 Å². The normalized spacial score (nSPS) is 14.8. The van der Waals surface area contributed by atoms with Crippen molar-refractivity contribution < 1.29 is 19.1 Å². The van der Waals surface area contributed by atoms with Crippen LogP contribution in [-0.4, -0.2) is 11.9 Å². The highest BCUT2D eigenvalue weighted by Gasteiger charge is 2.24. The summed E-state index contributed by atoms with van der Waals surface area (Å²) in [6.07, 6.45) is 4.01. The standard InChI is InChI=1S/C16H18O4/c1-11(2)15(17)19-13-7-9-14(10-8-13)20-16(18)12-5-3-4-6-12/h7-10,12H,1,3-6H2,2H3. The van der Waals surface area contributed by atoms with E-state index >= 15 is 0 Å². The number of hydrogen-bond donors (Lipinski definition) is 0. The first-order valence-electron chi connectivity index (χ1n) is 6.75. The lowest BCUT2D eigenvalue weighted by Gasteiger charge is -2.09. The fourth-order valence-corrected chi connectivity index (χ4v) is 2.13. The van der Waals surface area contributed by atoms with Crippen molar-refractivity contribution in [1.82, 2.24) is 0 Å². The van der Waals surface area contributed by atoms with Crippen molar-refractivity contribution in [1.29, 1.82) is 0 Å². The van der Waals surface area contributed by atoms with Crippen molar-refractivity contribution in [3.8, 4) is 11.5 Å². The second kappa shape index (κ2) is 6.37. The maximum absolute atomic E-state index is 11.8. The van der Waals surface area contributed by atoms with Gasteiger partial charge in [-0.1, -0.05) is 19.4 Å². The third kappa shape index (κ3) is 3.70. The first-order valence-corrected chi connectivity index (χ1v) is 6.75. The molecular weight excluding hydrogens is 256 g/mol. The van der Waals surface area contributed by atoms with E-state index in [-0.39, 0.29) is 11.9 Å². The maximum Gasteiger partial charge on any atom is 0.338 e. The topological polar surface area (TPSA) is 52.6 Å². The molecule has 0 radical (unpaired) electrons. The molecule has 2 rings (SSSR count). The van der Waals surface area contributed by atoms with Crippen LogP contribution >= 0.6 is 0 Å². The Morgan fingerprint density at radius 2 is 1.55 bits per heavy atom. The highest BCUT2D eigenvalue weighted by Crippen LogP contribution is 2.27. The van der Waals surface area contributed by atoms with Crippen molar-refractivity contribution >= 4 is 11.9 Å². The number of benzene rings is 1. The molecule has 0 saturated heterocycles. The lowest BCUT2D eigenvalue weighted by atomic mass is 10.1. The third-order valence-corrected chi connectivity index (χ3v) is 3.29. The van der Waals surface area contributed by atoms with E-state index in [0.717, 1.165) is 25.7 Å². The summed E-state index contributed by atoms with van der Waals surface area (Å²) in [6.45, 7) is 5.09. The Kier molecular flexibility index (Phi) is 4.56. The highest BCUT2D eigenvalue weighted by molar-refractivity contribution is 5.88. The molecule has 0 aliphatic heterocycles. The summed E-state index contributed by atoms with van der Waals surface area (Å²) >= 11 is 0. The first kappa shape index (κ1) is 14.3. The van der Waals surface area contributed by atoms with E-state index < -0.39 is 5.97 Å². The molecule has 0 spiro atoms. The lowest BCUT2D eigenvalue weighted by molar-refractivity contribution is -0.138. The van der Waals surface area contributed by atoms with E-state index in [0.29, 0.717) is 17.1 Å². The zero-order chi connectivity index (χ0) is 14.5. The Bertz CT molecular complexity index is 510. The summed E-state index contributed by atoms with van der Waals surface area (Å²) in [6, 6.07) is 6.43. The average Bonchev–Trinajstić information content (AvgIpc) is 2.95. The summed E-state index contributed by atoms with van der Waals surface area (Å²) in [5.74, 6) is 0.251. The number of hydrogen-bond acceptors (Lipinski definition) is 4. The molecule has 1 aromatic rings. The average molecular weight is 274 g/mol. The van der Waals surface area contributed by atoms with Gasteiger partial charge in [-0.3, -0.25) is 4.79 Å². The van der Waals surface area contributed by atoms with Gasteiger partial charge in [0.2, 0.25) is 0 Å². The maximum atomic E-state index is 11.8. The molecule has 0 atom stereocenters. The minimum atomic E-state index is -0.472. The van der Waals surface area contributed by atoms with Gasteiger partial charge in [0.15, 0.2) is 0 Å². The molecule has 106 valence electrons. The van der Waals surface area contributed by atoms with Crippen LogP contribution in [0.5, 0.6) is 11.5 Å². The number of carbonyl (C=O) groups is 2. The van der Waals surface area contributed by atoms with Crippen LogP contribution in [0.3, 0.4) is 0 Å². The largest absolute Gasteiger partial charge is 0.426 e. The van der Waals surface area contributed by atoms with Crippen molar-refractivity contribution in [2.45, 2.75) is 32.6 Å². The highest BCUT2D eigenvalue weighted by atomic mass is 16.5. The van der Waals surface area contributed by atoms with Gasteiger partial charge >= 0.3 is 11.9 Å². The predicted octanol–water partition coefficient (Wildman–Crippen LogP) is 3.26. The number of carbonyl (C=O) groups excluding carboxylic acids is 2. The Morgan fingerprint density at radius 3 is 2.05 bits per heavy atom. The summed E-state index contributed by atoms with van der Waals surface area (Å²) in [5, 5.41) is 0. The molecule has 0 aromatic heterocycles. The summed E-state index contributed by atoms with van der Waals surface area (Å²) in [5.41, 5.74) is 0.335. The molecule has 0 amide bonds. The smallest absolute Gasteiger partial charge is 0.338 e. The fourth-order valence-electron chi connectivity index (χ4n) is 2.13. The Morgan fingerprint density at radius 1 is 1.05 bits per heavy atom. The lowest BCUT2D eigenvalue weighted by Crippen LogP contribution is -2.17. The van der Waals surface area contributed by atoms with Gasteiger partial charge < -0.3 is 9.47 Å². The minimum absolute atomic E-state index is 0.0240. The molecule has 0 unspecified atom stereocenters. The zero-order valence-electron chi connectivity index (χ0n) is 11.6. The van der Waals surface area contributed by atoms with Gasteiger partial charge in [-0.15, -0.1) is 0 Å². The van der Waals surface area contributed by atoms with Crippen LogP contribution in [0.25, 0.3) is 0 Å². The van der Waals surface area contributed by atoms with E-state index in [1.807, 2.05) is 0 Å². The molecular formula is C16H18O4. The zero-order valence-corrected chi connectivity index (χ0v) is 11.6. The molecule has 1 aromatic carbocycles. The number of rotatable bonds is 4. The van der Waals surface area contributed by atoms with Crippen LogP contribution in [0.4, 0.5) is 0 Å². The number of esters is 2. The van der Waals surface area contributed by atoms with Crippen LogP contribution in [0.15, 0.2) is 36.4 Å². The molecule has 1 aliphatic carbocycles. The molecule has 4 heteroatoms. The van der Waals surface area contributed by atoms with Crippen LogP contribution in [0, 0.1) is 5.92 Å². The quantitative estimate of drug-likeness (QED) is 0.480. The Balaban J connectivity index is 1.92. The fraction of sp³-hybridized carbons (Fsp3) is 0.375. The van der Waals surface area contributed by atoms with E-state index in [2.05, 4.69) is 6.58 Å². The van der Waals surface area contributed by atoms with E-state index in [9.17, 15) is 9.59 Å². The van der Waals surface area contributed by atoms with Gasteiger partial charge in [0, 0.05) is 5.57 Å². The van der Waals surface area contributed by atoms with Crippen molar-refractivity contribution in [3.05, 3.63) is 36.4 Å². The summed E-state index contributed by atoms with van der Waals surface area (Å²) < 4.78 is 10.4. The van der Waals surface area contributed by atoms with Crippen molar-refractivity contribution in [3.63, 3.8) is 0 Å². The molecule has 0 N–H and O–H groups in total. The molecule has 4 nitrogen and oxygen atoms in total. The summed E-state index contributed by atoms with van der Waals surface area (Å²) in [4.78, 5) is 23.2. The van der Waals surface area contributed by atoms with Crippen LogP contribution in [0.2, 0.25) is 0 Å². The van der Waals surface area contributed by atoms with Gasteiger partial charge in [-0.25, -0.2) is 4.79 Å². The van der Waals surface area contributed by atoms with Gasteiger partial charge in [-0.05, 0) is 44.0 Å². The molecule has 1 fully saturated rings. The van der Waals surface area contributed by atoms with Crippen molar-refractivity contribution in [2.24, 2.45) is 5.92 Å². The first-order chi connectivity index (χ1) is 9.56.